The van der Waals surface area contributed by atoms with Gasteiger partial charge in [0.15, 0.2) is 6.10 Å². The monoisotopic (exact) mass is 366 g/mol. The minimum atomic E-state index is -0.860. The molecule has 7 heteroatoms. The minimum Gasteiger partial charge on any atom is -0.479 e. The van der Waals surface area contributed by atoms with Crippen LogP contribution >= 0.6 is 0 Å². The number of esters is 1. The van der Waals surface area contributed by atoms with Gasteiger partial charge in [-0.1, -0.05) is 0 Å². The van der Waals surface area contributed by atoms with Crippen LogP contribution in [0.2, 0.25) is 0 Å². The first kappa shape index (κ1) is 20.7. The van der Waals surface area contributed by atoms with Gasteiger partial charge in [0.05, 0.1) is 11.2 Å². The topological polar surface area (TPSA) is 54.0 Å². The molecule has 1 aromatic rings. The Bertz CT molecular complexity index is 665. The smallest absolute Gasteiger partial charge is 0.479 e. The summed E-state index contributed by atoms with van der Waals surface area (Å²) >= 11 is 0. The third kappa shape index (κ3) is 4.57. The molecular formula is C19H28BFO5. The van der Waals surface area contributed by atoms with E-state index >= 15 is 0 Å². The number of hydrogen-bond donors (Lipinski definition) is 0. The van der Waals surface area contributed by atoms with Gasteiger partial charge in [0, 0.05) is 5.46 Å². The molecule has 0 spiro atoms. The molecular weight excluding hydrogens is 338 g/mol. The van der Waals surface area contributed by atoms with Crippen LogP contribution in [0.5, 0.6) is 5.75 Å². The molecule has 1 fully saturated rings. The average molecular weight is 366 g/mol. The molecule has 144 valence electrons. The minimum absolute atomic E-state index is 0.322. The summed E-state index contributed by atoms with van der Waals surface area (Å²) in [5.41, 5.74) is -1.36. The third-order valence-corrected chi connectivity index (χ3v) is 4.52. The van der Waals surface area contributed by atoms with Crippen molar-refractivity contribution in [3.05, 3.63) is 24.0 Å². The lowest BCUT2D eigenvalue weighted by Gasteiger charge is -2.32. The SMILES string of the molecule is C[C@H](Oc1ccc(F)cc1B1OC(C)(C)C(C)(C)O1)C(=O)OC(C)(C)C. The molecule has 1 aliphatic heterocycles. The Hall–Kier alpha value is -1.60. The predicted molar refractivity (Wildman–Crippen MR) is 98.1 cm³/mol. The Balaban J connectivity index is 2.25. The van der Waals surface area contributed by atoms with E-state index in [-0.39, 0.29) is 0 Å². The zero-order valence-electron chi connectivity index (χ0n) is 16.8. The molecule has 0 aliphatic carbocycles. The van der Waals surface area contributed by atoms with E-state index in [2.05, 4.69) is 0 Å². The highest BCUT2D eigenvalue weighted by Gasteiger charge is 2.52. The summed E-state index contributed by atoms with van der Waals surface area (Å²) in [5, 5.41) is 0. The van der Waals surface area contributed by atoms with Gasteiger partial charge < -0.3 is 18.8 Å². The predicted octanol–water partition coefficient (Wildman–Crippen LogP) is 3.23. The Kier molecular flexibility index (Phi) is 5.46. The summed E-state index contributed by atoms with van der Waals surface area (Å²) in [7, 11) is -0.795. The fourth-order valence-corrected chi connectivity index (χ4v) is 2.40. The van der Waals surface area contributed by atoms with Crippen LogP contribution in [-0.4, -0.2) is 36.0 Å². The highest BCUT2D eigenvalue weighted by Crippen LogP contribution is 2.37. The fraction of sp³-hybridized carbons (Fsp3) is 0.632. The fourth-order valence-electron chi connectivity index (χ4n) is 2.40. The van der Waals surface area contributed by atoms with E-state index in [1.54, 1.807) is 27.7 Å². The van der Waals surface area contributed by atoms with Crippen LogP contribution in [0.25, 0.3) is 0 Å². The van der Waals surface area contributed by atoms with Gasteiger partial charge in [-0.3, -0.25) is 0 Å². The molecule has 1 aliphatic rings. The lowest BCUT2D eigenvalue weighted by molar-refractivity contribution is -0.162. The van der Waals surface area contributed by atoms with Crippen molar-refractivity contribution in [2.24, 2.45) is 0 Å². The lowest BCUT2D eigenvalue weighted by atomic mass is 9.78. The van der Waals surface area contributed by atoms with E-state index in [0.29, 0.717) is 11.2 Å². The van der Waals surface area contributed by atoms with Crippen LogP contribution in [0, 0.1) is 5.82 Å². The number of carbonyl (C=O) groups is 1. The second-order valence-electron chi connectivity index (χ2n) is 8.56. The molecule has 26 heavy (non-hydrogen) atoms. The Morgan fingerprint density at radius 1 is 1.15 bits per heavy atom. The number of carbonyl (C=O) groups excluding carboxylic acids is 1. The highest BCUT2D eigenvalue weighted by molar-refractivity contribution is 6.63. The summed E-state index contributed by atoms with van der Waals surface area (Å²) in [6.07, 6.45) is -0.860. The number of ether oxygens (including phenoxy) is 2. The molecule has 0 N–H and O–H groups in total. The van der Waals surface area contributed by atoms with E-state index in [9.17, 15) is 9.18 Å². The maximum absolute atomic E-state index is 13.8. The molecule has 1 aromatic carbocycles. The van der Waals surface area contributed by atoms with Crippen molar-refractivity contribution in [2.45, 2.75) is 78.3 Å². The van der Waals surface area contributed by atoms with Crippen LogP contribution in [0.15, 0.2) is 18.2 Å². The zero-order valence-corrected chi connectivity index (χ0v) is 16.8. The Morgan fingerprint density at radius 2 is 1.69 bits per heavy atom. The number of benzene rings is 1. The van der Waals surface area contributed by atoms with E-state index in [1.807, 2.05) is 27.7 Å². The molecule has 0 saturated carbocycles. The molecule has 0 amide bonds. The summed E-state index contributed by atoms with van der Waals surface area (Å²) in [6, 6.07) is 4.04. The second-order valence-corrected chi connectivity index (χ2v) is 8.56. The van der Waals surface area contributed by atoms with Gasteiger partial charge >= 0.3 is 13.1 Å². The molecule has 1 saturated heterocycles. The zero-order chi connectivity index (χ0) is 19.9. The van der Waals surface area contributed by atoms with E-state index in [0.717, 1.165) is 0 Å². The van der Waals surface area contributed by atoms with E-state index in [4.69, 9.17) is 18.8 Å². The van der Waals surface area contributed by atoms with Gasteiger partial charge in [0.2, 0.25) is 0 Å². The average Bonchev–Trinajstić information content (AvgIpc) is 2.67. The lowest BCUT2D eigenvalue weighted by Crippen LogP contribution is -2.41. The summed E-state index contributed by atoms with van der Waals surface area (Å²) in [6.45, 7) is 14.6. The molecule has 0 unspecified atom stereocenters. The first-order valence-electron chi connectivity index (χ1n) is 8.76. The van der Waals surface area contributed by atoms with Crippen LogP contribution in [0.3, 0.4) is 0 Å². The van der Waals surface area contributed by atoms with E-state index in [1.165, 1.54) is 18.2 Å². The highest BCUT2D eigenvalue weighted by atomic mass is 19.1. The van der Waals surface area contributed by atoms with Crippen LogP contribution < -0.4 is 10.2 Å². The first-order chi connectivity index (χ1) is 11.7. The van der Waals surface area contributed by atoms with Crippen LogP contribution in [-0.2, 0) is 18.8 Å². The number of rotatable bonds is 4. The van der Waals surface area contributed by atoms with Gasteiger partial charge in [-0.25, -0.2) is 9.18 Å². The number of hydrogen-bond acceptors (Lipinski definition) is 5. The normalized spacial score (nSPS) is 20.0. The van der Waals surface area contributed by atoms with Crippen molar-refractivity contribution in [1.82, 2.24) is 0 Å². The van der Waals surface area contributed by atoms with Gasteiger partial charge in [-0.05, 0) is 73.6 Å². The van der Waals surface area contributed by atoms with Crippen molar-refractivity contribution >= 4 is 18.6 Å². The van der Waals surface area contributed by atoms with Crippen molar-refractivity contribution in [1.29, 1.82) is 0 Å². The number of halogens is 1. The molecule has 0 bridgehead atoms. The van der Waals surface area contributed by atoms with Gasteiger partial charge in [0.1, 0.15) is 17.2 Å². The second kappa shape index (κ2) is 6.85. The first-order valence-corrected chi connectivity index (χ1v) is 8.76. The van der Waals surface area contributed by atoms with Crippen molar-refractivity contribution in [2.75, 3.05) is 0 Å². The summed E-state index contributed by atoms with van der Waals surface area (Å²) in [5.74, 6) is -0.614. The van der Waals surface area contributed by atoms with Gasteiger partial charge in [-0.2, -0.15) is 0 Å². The van der Waals surface area contributed by atoms with Crippen molar-refractivity contribution in [3.63, 3.8) is 0 Å². The molecule has 2 rings (SSSR count). The summed E-state index contributed by atoms with van der Waals surface area (Å²) in [4.78, 5) is 12.2. The van der Waals surface area contributed by atoms with Gasteiger partial charge in [0.25, 0.3) is 0 Å². The van der Waals surface area contributed by atoms with Gasteiger partial charge in [-0.15, -0.1) is 0 Å². The molecule has 1 atom stereocenters. The molecule has 0 radical (unpaired) electrons. The largest absolute Gasteiger partial charge is 0.498 e. The van der Waals surface area contributed by atoms with E-state index < -0.39 is 41.8 Å². The summed E-state index contributed by atoms with van der Waals surface area (Å²) < 4.78 is 36.9. The maximum atomic E-state index is 13.8. The molecule has 5 nitrogen and oxygen atoms in total. The van der Waals surface area contributed by atoms with Crippen LogP contribution in [0.1, 0.15) is 55.4 Å². The van der Waals surface area contributed by atoms with Crippen molar-refractivity contribution in [3.8, 4) is 5.75 Å². The standard InChI is InChI=1S/C19H28BFO5/c1-12(16(22)24-17(2,3)4)23-15-10-9-13(21)11-14(15)20-25-18(5,6)19(7,8)26-20/h9-12H,1-8H3/t12-/m0/s1. The van der Waals surface area contributed by atoms with Crippen LogP contribution in [0.4, 0.5) is 4.39 Å². The molecule has 1 heterocycles. The Labute approximate surface area is 155 Å². The van der Waals surface area contributed by atoms with Crippen molar-refractivity contribution < 1.29 is 28.0 Å². The Morgan fingerprint density at radius 3 is 2.19 bits per heavy atom. The molecule has 0 aromatic heterocycles. The maximum Gasteiger partial charge on any atom is 0.498 e. The third-order valence-electron chi connectivity index (χ3n) is 4.52. The quantitative estimate of drug-likeness (QED) is 0.605.